The number of rotatable bonds is 14. The van der Waals surface area contributed by atoms with E-state index < -0.39 is 66.6 Å². The van der Waals surface area contributed by atoms with E-state index in [1.165, 1.54) is 27.7 Å². The molecule has 0 aliphatic carbocycles. The molecule has 1 rings (SSSR count). The van der Waals surface area contributed by atoms with Crippen LogP contribution in [0, 0.1) is 32.1 Å². The zero-order valence-corrected chi connectivity index (χ0v) is 24.0. The van der Waals surface area contributed by atoms with Crippen LogP contribution in [0.2, 0.25) is 0 Å². The van der Waals surface area contributed by atoms with Gasteiger partial charge in [-0.05, 0) is 33.8 Å². The molecule has 2 atom stereocenters. The number of carbonyl (C=O) groups excluding carboxylic acids is 4. The molecule has 0 spiro atoms. The topological polar surface area (TPSA) is 191 Å². The van der Waals surface area contributed by atoms with Crippen LogP contribution in [0.1, 0.15) is 48.5 Å². The second-order valence-corrected chi connectivity index (χ2v) is 9.22. The van der Waals surface area contributed by atoms with Crippen LogP contribution < -0.4 is 0 Å². The number of alkyl halides is 2. The lowest BCUT2D eigenvalue weighted by Gasteiger charge is -2.23. The number of nitrogens with zero attached hydrogens (tertiary/aromatic N) is 2. The van der Waals surface area contributed by atoms with Crippen molar-refractivity contribution in [2.75, 3.05) is 26.4 Å². The fourth-order valence-electron chi connectivity index (χ4n) is 3.33. The fraction of sp³-hybridized carbons (Fsp3) is 0.545. The molecule has 0 unspecified atom stereocenters. The van der Waals surface area contributed by atoms with Gasteiger partial charge in [-0.25, -0.2) is 0 Å². The number of hydrogen-bond donors (Lipinski definition) is 0. The van der Waals surface area contributed by atoms with Crippen molar-refractivity contribution in [1.82, 2.24) is 0 Å². The first-order chi connectivity index (χ1) is 17.9. The monoisotopic (exact) mass is 668 g/mol. The van der Waals surface area contributed by atoms with Crippen LogP contribution in [0.5, 0.6) is 0 Å². The quantitative estimate of drug-likeness (QED) is 0.0695. The summed E-state index contributed by atoms with van der Waals surface area (Å²) in [6.45, 7) is 5.45. The van der Waals surface area contributed by atoms with Gasteiger partial charge >= 0.3 is 23.9 Å². The predicted molar refractivity (Wildman–Crippen MR) is 137 cm³/mol. The Morgan fingerprint density at radius 2 is 0.921 bits per heavy atom. The van der Waals surface area contributed by atoms with E-state index in [1.54, 1.807) is 0 Å². The Morgan fingerprint density at radius 3 is 1.13 bits per heavy atom. The SMILES string of the molecule is CCOC(=O)C(C(=O)OCC)[C@@H](Br)c1cc([C@H](Br)C(C(=O)OCC)C(=O)OCC)c([N+](=O)[O-])cc1[N+](=O)[O-]. The van der Waals surface area contributed by atoms with Crippen molar-refractivity contribution in [3.63, 3.8) is 0 Å². The smallest absolute Gasteiger partial charge is 0.321 e. The Bertz CT molecular complexity index is 965. The molecule has 1 aromatic rings. The standard InChI is InChI=1S/C22H26Br2N2O12/c1-5-35-19(27)15(20(28)36-6-2)17(23)11-9-12(14(26(33)34)10-13(11)25(31)32)18(24)16(21(29)37-7-3)22(30)38-8-4/h9-10,15-18H,5-8H2,1-4H3/t17-,18-/m0/s1. The molecule has 0 saturated carbocycles. The van der Waals surface area contributed by atoms with E-state index in [2.05, 4.69) is 31.9 Å². The molecule has 0 aliphatic heterocycles. The number of esters is 4. The first-order valence-electron chi connectivity index (χ1n) is 11.3. The third kappa shape index (κ3) is 7.93. The zero-order chi connectivity index (χ0) is 29.2. The van der Waals surface area contributed by atoms with Gasteiger partial charge in [0.25, 0.3) is 11.4 Å². The van der Waals surface area contributed by atoms with Gasteiger partial charge in [-0.15, -0.1) is 0 Å². The maximum atomic E-state index is 12.6. The molecule has 0 aromatic heterocycles. The molecule has 0 bridgehead atoms. The summed E-state index contributed by atoms with van der Waals surface area (Å²) in [6.07, 6.45) is 0. The summed E-state index contributed by atoms with van der Waals surface area (Å²) in [6, 6.07) is 1.56. The summed E-state index contributed by atoms with van der Waals surface area (Å²) < 4.78 is 19.7. The molecule has 0 heterocycles. The largest absolute Gasteiger partial charge is 0.465 e. The van der Waals surface area contributed by atoms with Crippen LogP contribution >= 0.6 is 31.9 Å². The summed E-state index contributed by atoms with van der Waals surface area (Å²) in [7, 11) is 0. The molecule has 0 N–H and O–H groups in total. The second-order valence-electron chi connectivity index (χ2n) is 7.25. The highest BCUT2D eigenvalue weighted by molar-refractivity contribution is 9.09. The maximum absolute atomic E-state index is 12.6. The summed E-state index contributed by atoms with van der Waals surface area (Å²) in [5.41, 5.74) is -2.33. The van der Waals surface area contributed by atoms with Crippen LogP contribution in [-0.4, -0.2) is 60.2 Å². The highest BCUT2D eigenvalue weighted by Crippen LogP contribution is 2.46. The van der Waals surface area contributed by atoms with Crippen LogP contribution in [0.4, 0.5) is 11.4 Å². The molecule has 16 heteroatoms. The number of ether oxygens (including phenoxy) is 4. The molecule has 1 aromatic carbocycles. The van der Waals surface area contributed by atoms with E-state index in [0.717, 1.165) is 6.07 Å². The average molecular weight is 670 g/mol. The number of nitro benzene ring substituents is 2. The van der Waals surface area contributed by atoms with E-state index >= 15 is 0 Å². The Morgan fingerprint density at radius 1 is 0.658 bits per heavy atom. The normalized spacial score (nSPS) is 12.4. The number of carbonyl (C=O) groups is 4. The van der Waals surface area contributed by atoms with Crippen LogP contribution in [-0.2, 0) is 38.1 Å². The van der Waals surface area contributed by atoms with E-state index in [1.807, 2.05) is 0 Å². The van der Waals surface area contributed by atoms with Crippen molar-refractivity contribution in [3.8, 4) is 0 Å². The highest BCUT2D eigenvalue weighted by Gasteiger charge is 2.44. The molecular weight excluding hydrogens is 644 g/mol. The van der Waals surface area contributed by atoms with Crippen LogP contribution in [0.15, 0.2) is 12.1 Å². The molecule has 14 nitrogen and oxygen atoms in total. The molecule has 0 fully saturated rings. The highest BCUT2D eigenvalue weighted by atomic mass is 79.9. The lowest BCUT2D eigenvalue weighted by molar-refractivity contribution is -0.395. The third-order valence-corrected chi connectivity index (χ3v) is 6.95. The van der Waals surface area contributed by atoms with Gasteiger partial charge in [-0.1, -0.05) is 31.9 Å². The maximum Gasteiger partial charge on any atom is 0.321 e. The molecule has 0 saturated heterocycles. The lowest BCUT2D eigenvalue weighted by Crippen LogP contribution is -2.32. The third-order valence-electron chi connectivity index (χ3n) is 4.91. The van der Waals surface area contributed by atoms with Gasteiger partial charge in [0.1, 0.15) is 0 Å². The summed E-state index contributed by atoms with van der Waals surface area (Å²) >= 11 is 6.26. The average Bonchev–Trinajstić information content (AvgIpc) is 2.83. The Hall–Kier alpha value is -3.14. The van der Waals surface area contributed by atoms with E-state index in [0.29, 0.717) is 6.07 Å². The molecule has 0 amide bonds. The minimum atomic E-state index is -1.73. The number of benzene rings is 1. The molecule has 0 radical (unpaired) electrons. The fourth-order valence-corrected chi connectivity index (χ4v) is 4.92. The molecule has 38 heavy (non-hydrogen) atoms. The summed E-state index contributed by atoms with van der Waals surface area (Å²) in [5.74, 6) is -7.71. The predicted octanol–water partition coefficient (Wildman–Crippen LogP) is 3.86. The summed E-state index contributed by atoms with van der Waals surface area (Å²) in [4.78, 5) is 69.5. The van der Waals surface area contributed by atoms with E-state index in [-0.39, 0.29) is 37.6 Å². The van der Waals surface area contributed by atoms with Gasteiger partial charge in [0.15, 0.2) is 11.8 Å². The van der Waals surface area contributed by atoms with Crippen LogP contribution in [0.3, 0.4) is 0 Å². The van der Waals surface area contributed by atoms with Gasteiger partial charge in [0.05, 0.1) is 52.0 Å². The van der Waals surface area contributed by atoms with Gasteiger partial charge in [-0.3, -0.25) is 39.4 Å². The molecule has 210 valence electrons. The first-order valence-corrected chi connectivity index (χ1v) is 13.1. The lowest BCUT2D eigenvalue weighted by atomic mass is 9.91. The van der Waals surface area contributed by atoms with Gasteiger partial charge in [-0.2, -0.15) is 0 Å². The second kappa shape index (κ2) is 15.3. The van der Waals surface area contributed by atoms with Crippen molar-refractivity contribution in [2.45, 2.75) is 37.3 Å². The van der Waals surface area contributed by atoms with Crippen molar-refractivity contribution in [3.05, 3.63) is 43.5 Å². The Balaban J connectivity index is 3.92. The zero-order valence-electron chi connectivity index (χ0n) is 20.8. The number of halogens is 2. The van der Waals surface area contributed by atoms with Crippen molar-refractivity contribution < 1.29 is 48.0 Å². The van der Waals surface area contributed by atoms with Gasteiger partial charge in [0, 0.05) is 11.1 Å². The summed E-state index contributed by atoms with van der Waals surface area (Å²) in [5, 5.41) is 23.8. The number of nitro groups is 2. The van der Waals surface area contributed by atoms with Crippen molar-refractivity contribution >= 4 is 67.1 Å². The number of hydrogen-bond acceptors (Lipinski definition) is 12. The Labute approximate surface area is 233 Å². The van der Waals surface area contributed by atoms with Crippen LogP contribution in [0.25, 0.3) is 0 Å². The molecule has 0 aliphatic rings. The minimum absolute atomic E-state index is 0.119. The minimum Gasteiger partial charge on any atom is -0.465 e. The van der Waals surface area contributed by atoms with E-state index in [4.69, 9.17) is 18.9 Å². The van der Waals surface area contributed by atoms with Crippen molar-refractivity contribution in [1.29, 1.82) is 0 Å². The van der Waals surface area contributed by atoms with Crippen molar-refractivity contribution in [2.24, 2.45) is 11.8 Å². The van der Waals surface area contributed by atoms with Gasteiger partial charge in [0.2, 0.25) is 0 Å². The Kier molecular flexibility index (Phi) is 13.3. The first kappa shape index (κ1) is 32.9. The molecular formula is C22H26Br2N2O12. The van der Waals surface area contributed by atoms with E-state index in [9.17, 15) is 39.4 Å². The van der Waals surface area contributed by atoms with Gasteiger partial charge < -0.3 is 18.9 Å².